The molecular weight excluding hydrogens is 486 g/mol. The van der Waals surface area contributed by atoms with Crippen molar-refractivity contribution < 1.29 is 23.3 Å². The molecule has 1 fully saturated rings. The highest BCUT2D eigenvalue weighted by atomic mass is 32.1. The molecule has 2 aromatic rings. The van der Waals surface area contributed by atoms with Crippen LogP contribution >= 0.6 is 11.3 Å². The molecule has 8 nitrogen and oxygen atoms in total. The lowest BCUT2D eigenvalue weighted by Crippen LogP contribution is -2.57. The summed E-state index contributed by atoms with van der Waals surface area (Å²) < 4.78 is 1.20. The molecule has 0 radical (unpaired) electrons. The third kappa shape index (κ3) is 9.25. The number of thiophene rings is 1. The minimum Gasteiger partial charge on any atom is -0.347 e. The van der Waals surface area contributed by atoms with Crippen LogP contribution in [-0.2, 0) is 16.1 Å². The Bertz CT molecular complexity index is 1050. The standard InChI is InChI=1S/C28H41N5O3S/c1-22-21-37-27(28(36)29-14-17-32(2,3)4)26(22)31-25(35)20-33(15-10-5-6-11-16-33)19-24(34)30-18-23-12-8-7-9-13-23/h7-9,12-13,21H,5-6,10-11,14-20H2,1-4H3,(H-2,29,30,31,34,35,36)/p+2. The fourth-order valence-electron chi connectivity index (χ4n) is 4.72. The van der Waals surface area contributed by atoms with Crippen molar-refractivity contribution in [2.75, 3.05) is 65.7 Å². The van der Waals surface area contributed by atoms with E-state index in [0.29, 0.717) is 28.1 Å². The molecule has 3 amide bonds. The second-order valence-electron chi connectivity index (χ2n) is 11.2. The monoisotopic (exact) mass is 529 g/mol. The highest BCUT2D eigenvalue weighted by Crippen LogP contribution is 2.28. The Morgan fingerprint density at radius 2 is 1.57 bits per heavy atom. The van der Waals surface area contributed by atoms with E-state index in [1.807, 2.05) is 42.6 Å². The average Bonchev–Trinajstić information content (AvgIpc) is 3.04. The van der Waals surface area contributed by atoms with E-state index in [1.54, 1.807) is 0 Å². The quantitative estimate of drug-likeness (QED) is 0.391. The molecule has 37 heavy (non-hydrogen) atoms. The Balaban J connectivity index is 1.65. The van der Waals surface area contributed by atoms with E-state index in [0.717, 1.165) is 60.9 Å². The molecule has 1 aromatic carbocycles. The van der Waals surface area contributed by atoms with Crippen molar-refractivity contribution in [3.05, 3.63) is 51.7 Å². The first kappa shape index (κ1) is 28.8. The van der Waals surface area contributed by atoms with Crippen molar-refractivity contribution in [2.45, 2.75) is 39.2 Å². The van der Waals surface area contributed by atoms with Gasteiger partial charge in [0.15, 0.2) is 13.1 Å². The van der Waals surface area contributed by atoms with Gasteiger partial charge in [0.2, 0.25) is 0 Å². The number of nitrogens with zero attached hydrogens (tertiary/aromatic N) is 2. The van der Waals surface area contributed by atoms with E-state index in [9.17, 15) is 14.4 Å². The number of quaternary nitrogens is 2. The van der Waals surface area contributed by atoms with Crippen LogP contribution < -0.4 is 16.0 Å². The van der Waals surface area contributed by atoms with E-state index in [1.165, 1.54) is 11.3 Å². The SMILES string of the molecule is Cc1csc(C(=O)NCC[N+](C)(C)C)c1NC(=O)C[N+]1(CC(=O)NCc2ccccc2)CCCCCC1. The highest BCUT2D eigenvalue weighted by Gasteiger charge is 2.34. The van der Waals surface area contributed by atoms with E-state index in [-0.39, 0.29) is 30.8 Å². The lowest BCUT2D eigenvalue weighted by atomic mass is 10.2. The maximum Gasteiger partial charge on any atom is 0.279 e. The second-order valence-corrected chi connectivity index (χ2v) is 12.1. The second kappa shape index (κ2) is 13.2. The van der Waals surface area contributed by atoms with Crippen LogP contribution in [0.3, 0.4) is 0 Å². The van der Waals surface area contributed by atoms with E-state index < -0.39 is 0 Å². The van der Waals surface area contributed by atoms with Crippen LogP contribution in [0, 0.1) is 6.92 Å². The van der Waals surface area contributed by atoms with Crippen LogP contribution in [-0.4, -0.2) is 87.1 Å². The molecule has 0 unspecified atom stereocenters. The van der Waals surface area contributed by atoms with Gasteiger partial charge in [-0.15, -0.1) is 11.3 Å². The van der Waals surface area contributed by atoms with E-state index in [2.05, 4.69) is 37.1 Å². The van der Waals surface area contributed by atoms with Crippen molar-refractivity contribution in [3.8, 4) is 0 Å². The average molecular weight is 530 g/mol. The summed E-state index contributed by atoms with van der Waals surface area (Å²) in [6, 6.07) is 9.85. The first-order valence-corrected chi connectivity index (χ1v) is 14.1. The molecule has 9 heteroatoms. The van der Waals surface area contributed by atoms with E-state index >= 15 is 0 Å². The Hall–Kier alpha value is -2.75. The molecule has 1 aliphatic rings. The number of benzene rings is 1. The zero-order chi connectivity index (χ0) is 26.9. The van der Waals surface area contributed by atoms with E-state index in [4.69, 9.17) is 0 Å². The summed E-state index contributed by atoms with van der Waals surface area (Å²) in [5.41, 5.74) is 2.51. The van der Waals surface area contributed by atoms with Crippen molar-refractivity contribution in [2.24, 2.45) is 0 Å². The molecular formula is C28H43N5O3S+2. The number of hydrogen-bond acceptors (Lipinski definition) is 4. The largest absolute Gasteiger partial charge is 0.347 e. The summed E-state index contributed by atoms with van der Waals surface area (Å²) in [4.78, 5) is 39.7. The Morgan fingerprint density at radius 1 is 0.919 bits per heavy atom. The summed E-state index contributed by atoms with van der Waals surface area (Å²) in [7, 11) is 6.24. The number of nitrogens with one attached hydrogen (secondary N) is 3. The first-order chi connectivity index (χ1) is 17.6. The number of hydrogen-bond donors (Lipinski definition) is 3. The van der Waals surface area contributed by atoms with Crippen molar-refractivity contribution in [3.63, 3.8) is 0 Å². The maximum atomic E-state index is 13.3. The van der Waals surface area contributed by atoms with Crippen LogP contribution in [0.2, 0.25) is 0 Å². The summed E-state index contributed by atoms with van der Waals surface area (Å²) >= 11 is 1.35. The van der Waals surface area contributed by atoms with Gasteiger partial charge in [-0.3, -0.25) is 14.4 Å². The first-order valence-electron chi connectivity index (χ1n) is 13.2. The van der Waals surface area contributed by atoms with Crippen LogP contribution in [0.25, 0.3) is 0 Å². The van der Waals surface area contributed by atoms with Gasteiger partial charge in [-0.05, 0) is 49.1 Å². The number of likely N-dealkylation sites (N-methyl/N-ethyl adjacent to an activating group) is 1. The zero-order valence-corrected chi connectivity index (χ0v) is 23.6. The summed E-state index contributed by atoms with van der Waals surface area (Å²) in [6.07, 6.45) is 4.23. The number of rotatable bonds is 11. The third-order valence-corrected chi connectivity index (χ3v) is 7.92. The minimum atomic E-state index is -0.166. The molecule has 0 bridgehead atoms. The van der Waals surface area contributed by atoms with Gasteiger partial charge in [-0.1, -0.05) is 30.3 Å². The summed E-state index contributed by atoms with van der Waals surface area (Å²) in [6.45, 7) is 5.85. The molecule has 1 aromatic heterocycles. The number of amides is 3. The topological polar surface area (TPSA) is 87.3 Å². The molecule has 202 valence electrons. The molecule has 0 atom stereocenters. The number of likely N-dealkylation sites (tertiary alicyclic amines) is 1. The van der Waals surface area contributed by atoms with Gasteiger partial charge in [0.1, 0.15) is 4.88 Å². The Labute approximate surface area is 225 Å². The van der Waals surface area contributed by atoms with Crippen molar-refractivity contribution in [1.82, 2.24) is 10.6 Å². The molecule has 0 saturated carbocycles. The van der Waals surface area contributed by atoms with Gasteiger partial charge >= 0.3 is 0 Å². The predicted octanol–water partition coefficient (Wildman–Crippen LogP) is 3.14. The van der Waals surface area contributed by atoms with Crippen LogP contribution in [0.5, 0.6) is 0 Å². The van der Waals surface area contributed by atoms with Crippen molar-refractivity contribution >= 4 is 34.7 Å². The van der Waals surface area contributed by atoms with Gasteiger partial charge < -0.3 is 24.9 Å². The van der Waals surface area contributed by atoms with Crippen LogP contribution in [0.15, 0.2) is 35.7 Å². The van der Waals surface area contributed by atoms with Gasteiger partial charge in [0.25, 0.3) is 17.7 Å². The molecule has 0 spiro atoms. The normalized spacial score (nSPS) is 15.5. The Morgan fingerprint density at radius 3 is 2.22 bits per heavy atom. The molecule has 1 saturated heterocycles. The van der Waals surface area contributed by atoms with Gasteiger partial charge in [0, 0.05) is 6.54 Å². The fraction of sp³-hybridized carbons (Fsp3) is 0.536. The molecule has 3 rings (SSSR count). The molecule has 1 aliphatic heterocycles. The number of anilines is 1. The smallest absolute Gasteiger partial charge is 0.279 e. The fourth-order valence-corrected chi connectivity index (χ4v) is 5.65. The number of aryl methyl sites for hydroxylation is 1. The van der Waals surface area contributed by atoms with Gasteiger partial charge in [0.05, 0.1) is 53.0 Å². The summed E-state index contributed by atoms with van der Waals surface area (Å²) in [5, 5.41) is 10.9. The van der Waals surface area contributed by atoms with Gasteiger partial charge in [-0.2, -0.15) is 0 Å². The lowest BCUT2D eigenvalue weighted by molar-refractivity contribution is -0.912. The zero-order valence-electron chi connectivity index (χ0n) is 22.8. The molecule has 0 aliphatic carbocycles. The lowest BCUT2D eigenvalue weighted by Gasteiger charge is -2.36. The maximum absolute atomic E-state index is 13.3. The molecule has 3 N–H and O–H groups in total. The Kier molecular flexibility index (Phi) is 10.3. The van der Waals surface area contributed by atoms with Gasteiger partial charge in [-0.25, -0.2) is 0 Å². The number of carbonyl (C=O) groups excluding carboxylic acids is 3. The van der Waals surface area contributed by atoms with Crippen LogP contribution in [0.4, 0.5) is 5.69 Å². The van der Waals surface area contributed by atoms with Crippen molar-refractivity contribution in [1.29, 1.82) is 0 Å². The summed E-state index contributed by atoms with van der Waals surface area (Å²) in [5.74, 6) is -0.358. The molecule has 2 heterocycles. The predicted molar refractivity (Wildman–Crippen MR) is 149 cm³/mol. The number of carbonyl (C=O) groups is 3. The third-order valence-electron chi connectivity index (χ3n) is 6.82. The van der Waals surface area contributed by atoms with Crippen LogP contribution in [0.1, 0.15) is 46.5 Å². The highest BCUT2D eigenvalue weighted by molar-refractivity contribution is 7.13. The minimum absolute atomic E-state index is 0.0393.